The summed E-state index contributed by atoms with van der Waals surface area (Å²) in [5.74, 6) is 0.355. The van der Waals surface area contributed by atoms with Crippen LogP contribution in [0.1, 0.15) is 65.5 Å². The number of ether oxygens (including phenoxy) is 4. The lowest BCUT2D eigenvalue weighted by Crippen LogP contribution is -2.18. The summed E-state index contributed by atoms with van der Waals surface area (Å²) in [6, 6.07) is 3.65. The molecule has 0 aromatic heterocycles. The van der Waals surface area contributed by atoms with E-state index in [1.807, 2.05) is 40.7 Å². The fourth-order valence-electron chi connectivity index (χ4n) is 2.14. The minimum atomic E-state index is -0.850. The standard InChI is InChI=1S/C19H28O6/c1-8-22-17(20)24-15-11-13(19(5,6)7)10-14(12(3)4)16(15)25-18(21)23-9-2/h10-12H,8-9H2,1-7H3. The summed E-state index contributed by atoms with van der Waals surface area (Å²) in [6.45, 7) is 13.8. The van der Waals surface area contributed by atoms with Gasteiger partial charge in [0.1, 0.15) is 0 Å². The Morgan fingerprint density at radius 3 is 1.92 bits per heavy atom. The first-order valence-corrected chi connectivity index (χ1v) is 8.47. The van der Waals surface area contributed by atoms with E-state index in [0.717, 1.165) is 11.1 Å². The maximum absolute atomic E-state index is 11.8. The number of carbonyl (C=O) groups is 2. The van der Waals surface area contributed by atoms with Crippen molar-refractivity contribution >= 4 is 12.3 Å². The average Bonchev–Trinajstić information content (AvgIpc) is 2.47. The summed E-state index contributed by atoms with van der Waals surface area (Å²) in [5.41, 5.74) is 1.52. The third kappa shape index (κ3) is 5.96. The second-order valence-corrected chi connectivity index (χ2v) is 6.87. The van der Waals surface area contributed by atoms with Crippen LogP contribution in [0, 0.1) is 0 Å². The van der Waals surface area contributed by atoms with E-state index in [1.165, 1.54) is 0 Å². The molecule has 0 bridgehead atoms. The smallest absolute Gasteiger partial charge is 0.434 e. The number of carbonyl (C=O) groups excluding carboxylic acids is 2. The first-order chi connectivity index (χ1) is 11.6. The average molecular weight is 352 g/mol. The van der Waals surface area contributed by atoms with Gasteiger partial charge in [-0.2, -0.15) is 0 Å². The van der Waals surface area contributed by atoms with Crippen molar-refractivity contribution in [1.29, 1.82) is 0 Å². The van der Waals surface area contributed by atoms with Gasteiger partial charge in [0.15, 0.2) is 11.5 Å². The highest BCUT2D eigenvalue weighted by Crippen LogP contribution is 2.40. The fraction of sp³-hybridized carbons (Fsp3) is 0.579. The van der Waals surface area contributed by atoms with Crippen molar-refractivity contribution < 1.29 is 28.5 Å². The maximum atomic E-state index is 11.8. The number of hydrogen-bond acceptors (Lipinski definition) is 6. The summed E-state index contributed by atoms with van der Waals surface area (Å²) in [5, 5.41) is 0. The molecule has 0 aliphatic carbocycles. The molecule has 1 rings (SSSR count). The maximum Gasteiger partial charge on any atom is 0.513 e. The molecular formula is C19H28O6. The Balaban J connectivity index is 3.45. The summed E-state index contributed by atoms with van der Waals surface area (Å²) >= 11 is 0. The van der Waals surface area contributed by atoms with Crippen molar-refractivity contribution in [2.45, 2.75) is 59.8 Å². The highest BCUT2D eigenvalue weighted by Gasteiger charge is 2.25. The molecule has 0 fully saturated rings. The van der Waals surface area contributed by atoms with Crippen molar-refractivity contribution in [2.24, 2.45) is 0 Å². The Kier molecular flexibility index (Phi) is 7.27. The Labute approximate surface area is 149 Å². The summed E-state index contributed by atoms with van der Waals surface area (Å²) in [4.78, 5) is 23.6. The van der Waals surface area contributed by atoms with Crippen LogP contribution in [0.15, 0.2) is 12.1 Å². The van der Waals surface area contributed by atoms with E-state index < -0.39 is 12.3 Å². The minimum Gasteiger partial charge on any atom is -0.434 e. The lowest BCUT2D eigenvalue weighted by Gasteiger charge is -2.24. The van der Waals surface area contributed by atoms with Gasteiger partial charge >= 0.3 is 12.3 Å². The molecule has 0 aliphatic heterocycles. The van der Waals surface area contributed by atoms with Crippen molar-refractivity contribution in [3.05, 3.63) is 23.3 Å². The van der Waals surface area contributed by atoms with Crippen LogP contribution < -0.4 is 9.47 Å². The second kappa shape index (κ2) is 8.74. The highest BCUT2D eigenvalue weighted by atomic mass is 16.7. The Morgan fingerprint density at radius 2 is 1.48 bits per heavy atom. The number of rotatable bonds is 5. The molecule has 140 valence electrons. The molecule has 0 N–H and O–H groups in total. The third-order valence-corrected chi connectivity index (χ3v) is 3.47. The molecule has 0 amide bonds. The molecular weight excluding hydrogens is 324 g/mol. The Hall–Kier alpha value is -2.24. The van der Waals surface area contributed by atoms with Gasteiger partial charge in [0.05, 0.1) is 13.2 Å². The second-order valence-electron chi connectivity index (χ2n) is 6.87. The van der Waals surface area contributed by atoms with Gasteiger partial charge in [-0.05, 0) is 36.8 Å². The third-order valence-electron chi connectivity index (χ3n) is 3.47. The van der Waals surface area contributed by atoms with Gasteiger partial charge in [-0.25, -0.2) is 9.59 Å². The van der Waals surface area contributed by atoms with E-state index in [2.05, 4.69) is 0 Å². The van der Waals surface area contributed by atoms with Crippen LogP contribution in [0.4, 0.5) is 9.59 Å². The molecule has 1 aromatic carbocycles. The molecule has 1 aromatic rings. The zero-order valence-corrected chi connectivity index (χ0v) is 16.1. The normalized spacial score (nSPS) is 11.2. The van der Waals surface area contributed by atoms with Crippen molar-refractivity contribution in [3.63, 3.8) is 0 Å². The molecule has 0 saturated heterocycles. The molecule has 25 heavy (non-hydrogen) atoms. The van der Waals surface area contributed by atoms with Crippen LogP contribution >= 0.6 is 0 Å². The lowest BCUT2D eigenvalue weighted by atomic mass is 9.84. The van der Waals surface area contributed by atoms with Gasteiger partial charge in [-0.3, -0.25) is 0 Å². The summed E-state index contributed by atoms with van der Waals surface area (Å²) in [6.07, 6.45) is -1.70. The van der Waals surface area contributed by atoms with Crippen LogP contribution in [0.25, 0.3) is 0 Å². The molecule has 0 heterocycles. The van der Waals surface area contributed by atoms with Gasteiger partial charge in [0.2, 0.25) is 0 Å². The van der Waals surface area contributed by atoms with Gasteiger partial charge in [-0.1, -0.05) is 40.7 Å². The van der Waals surface area contributed by atoms with E-state index in [9.17, 15) is 9.59 Å². The first-order valence-electron chi connectivity index (χ1n) is 8.47. The summed E-state index contributed by atoms with van der Waals surface area (Å²) in [7, 11) is 0. The quantitative estimate of drug-likeness (QED) is 0.537. The monoisotopic (exact) mass is 352 g/mol. The lowest BCUT2D eigenvalue weighted by molar-refractivity contribution is 0.0935. The molecule has 0 unspecified atom stereocenters. The van der Waals surface area contributed by atoms with Gasteiger partial charge in [0, 0.05) is 5.56 Å². The topological polar surface area (TPSA) is 71.1 Å². The van der Waals surface area contributed by atoms with E-state index in [-0.39, 0.29) is 36.0 Å². The highest BCUT2D eigenvalue weighted by molar-refractivity contribution is 5.71. The fourth-order valence-corrected chi connectivity index (χ4v) is 2.14. The van der Waals surface area contributed by atoms with Crippen LogP contribution in [0.2, 0.25) is 0 Å². The first kappa shape index (κ1) is 20.8. The zero-order valence-electron chi connectivity index (χ0n) is 16.1. The van der Waals surface area contributed by atoms with E-state index in [1.54, 1.807) is 19.9 Å². The molecule has 0 spiro atoms. The van der Waals surface area contributed by atoms with Gasteiger partial charge < -0.3 is 18.9 Å². The van der Waals surface area contributed by atoms with Gasteiger partial charge in [-0.15, -0.1) is 0 Å². The summed E-state index contributed by atoms with van der Waals surface area (Å²) < 4.78 is 20.3. The van der Waals surface area contributed by atoms with Crippen LogP contribution in [0.5, 0.6) is 11.5 Å². The van der Waals surface area contributed by atoms with Crippen LogP contribution in [-0.2, 0) is 14.9 Å². The predicted molar refractivity (Wildman–Crippen MR) is 94.5 cm³/mol. The van der Waals surface area contributed by atoms with E-state index >= 15 is 0 Å². The van der Waals surface area contributed by atoms with Gasteiger partial charge in [0.25, 0.3) is 0 Å². The molecule has 0 aliphatic rings. The van der Waals surface area contributed by atoms with E-state index in [4.69, 9.17) is 18.9 Å². The largest absolute Gasteiger partial charge is 0.513 e. The Bertz CT molecular complexity index is 613. The molecule has 0 radical (unpaired) electrons. The number of hydrogen-bond donors (Lipinski definition) is 0. The van der Waals surface area contributed by atoms with Crippen molar-refractivity contribution in [1.82, 2.24) is 0 Å². The van der Waals surface area contributed by atoms with Crippen molar-refractivity contribution in [3.8, 4) is 11.5 Å². The molecule has 6 heteroatoms. The molecule has 0 atom stereocenters. The van der Waals surface area contributed by atoms with E-state index in [0.29, 0.717) is 0 Å². The van der Waals surface area contributed by atoms with Crippen molar-refractivity contribution in [2.75, 3.05) is 13.2 Å². The molecule has 0 saturated carbocycles. The minimum absolute atomic E-state index is 0.0382. The van der Waals surface area contributed by atoms with Crippen LogP contribution in [0.3, 0.4) is 0 Å². The SMILES string of the molecule is CCOC(=O)Oc1cc(C(C)(C)C)cc(C(C)C)c1OC(=O)OCC. The molecule has 6 nitrogen and oxygen atoms in total. The Morgan fingerprint density at radius 1 is 0.960 bits per heavy atom. The predicted octanol–water partition coefficient (Wildman–Crippen LogP) is 5.18. The number of benzene rings is 1. The zero-order chi connectivity index (χ0) is 19.2. The van der Waals surface area contributed by atoms with Crippen LogP contribution in [-0.4, -0.2) is 25.5 Å².